The monoisotopic (exact) mass is 257 g/mol. The van der Waals surface area contributed by atoms with Crippen LogP contribution in [-0.2, 0) is 9.53 Å². The number of benzene rings is 1. The summed E-state index contributed by atoms with van der Waals surface area (Å²) in [6.07, 6.45) is -0.198. The predicted octanol–water partition coefficient (Wildman–Crippen LogP) is 1.78. The van der Waals surface area contributed by atoms with E-state index in [0.29, 0.717) is 11.3 Å². The molecule has 0 unspecified atom stereocenters. The lowest BCUT2D eigenvalue weighted by atomic mass is 10.1. The van der Waals surface area contributed by atoms with Crippen molar-refractivity contribution < 1.29 is 19.4 Å². The number of rotatable bonds is 2. The normalized spacial score (nSPS) is 9.74. The van der Waals surface area contributed by atoms with Crippen LogP contribution >= 0.6 is 0 Å². The molecule has 0 radical (unpaired) electrons. The Bertz CT molecular complexity index is 703. The summed E-state index contributed by atoms with van der Waals surface area (Å²) >= 11 is 0. The first-order chi connectivity index (χ1) is 9.10. The van der Waals surface area contributed by atoms with Gasteiger partial charge in [0, 0.05) is 16.5 Å². The molecule has 2 rings (SSSR count). The second kappa shape index (κ2) is 5.27. The van der Waals surface area contributed by atoms with E-state index in [1.165, 1.54) is 7.11 Å². The van der Waals surface area contributed by atoms with Gasteiger partial charge >= 0.3 is 11.9 Å². The van der Waals surface area contributed by atoms with Crippen molar-refractivity contribution in [2.45, 2.75) is 6.42 Å². The molecule has 0 saturated carbocycles. The molecular weight excluding hydrogens is 246 g/mol. The molecule has 0 spiro atoms. The Balaban J connectivity index is 2.32. The minimum absolute atomic E-state index is 0.198. The van der Waals surface area contributed by atoms with Crippen LogP contribution in [0.5, 0.6) is 0 Å². The average Bonchev–Trinajstić information content (AvgIpc) is 2.80. The van der Waals surface area contributed by atoms with E-state index in [1.54, 1.807) is 18.2 Å². The Morgan fingerprint density at radius 2 is 2.16 bits per heavy atom. The number of esters is 1. The first-order valence-electron chi connectivity index (χ1n) is 5.52. The maximum atomic E-state index is 11.4. The number of fused-ring (bicyclic) bond motifs is 1. The predicted molar refractivity (Wildman–Crippen MR) is 68.8 cm³/mol. The van der Waals surface area contributed by atoms with Gasteiger partial charge in [0.25, 0.3) is 0 Å². The van der Waals surface area contributed by atoms with Crippen molar-refractivity contribution in [3.63, 3.8) is 0 Å². The lowest BCUT2D eigenvalue weighted by Gasteiger charge is -1.92. The van der Waals surface area contributed by atoms with E-state index >= 15 is 0 Å². The second-order valence-corrected chi connectivity index (χ2v) is 3.85. The van der Waals surface area contributed by atoms with Gasteiger partial charge in [-0.25, -0.2) is 4.79 Å². The molecule has 0 aliphatic heterocycles. The van der Waals surface area contributed by atoms with Crippen LogP contribution in [0.1, 0.15) is 22.5 Å². The summed E-state index contributed by atoms with van der Waals surface area (Å²) in [5.74, 6) is 3.91. The van der Waals surface area contributed by atoms with E-state index < -0.39 is 11.9 Å². The number of hydrogen-bond donors (Lipinski definition) is 2. The fourth-order valence-electron chi connectivity index (χ4n) is 1.65. The lowest BCUT2D eigenvalue weighted by Crippen LogP contribution is -2.00. The van der Waals surface area contributed by atoms with Gasteiger partial charge in [-0.3, -0.25) is 4.79 Å². The number of carboxylic acid groups (broad SMARTS) is 1. The number of aromatic nitrogens is 1. The smallest absolute Gasteiger partial charge is 0.354 e. The number of methoxy groups -OCH3 is 1. The third-order valence-electron chi connectivity index (χ3n) is 2.50. The number of aliphatic carboxylic acids is 1. The molecule has 0 aliphatic carbocycles. The second-order valence-electron chi connectivity index (χ2n) is 3.85. The molecule has 0 atom stereocenters. The number of carbonyl (C=O) groups is 2. The number of nitrogens with one attached hydrogen (secondary N) is 1. The standard InChI is InChI=1S/C14H11NO4/c1-19-14(18)12-8-10-6-5-9(7-11(10)15-12)3-2-4-13(16)17/h5-8,15H,4H2,1H3,(H,16,17). The Morgan fingerprint density at radius 3 is 2.84 bits per heavy atom. The molecule has 2 N–H and O–H groups in total. The summed E-state index contributed by atoms with van der Waals surface area (Å²) in [5, 5.41) is 9.36. The fourth-order valence-corrected chi connectivity index (χ4v) is 1.65. The summed E-state index contributed by atoms with van der Waals surface area (Å²) in [5.41, 5.74) is 1.81. The number of carboxylic acids is 1. The molecule has 2 aromatic rings. The van der Waals surface area contributed by atoms with Crippen LogP contribution in [-0.4, -0.2) is 29.1 Å². The van der Waals surface area contributed by atoms with Gasteiger partial charge < -0.3 is 14.8 Å². The van der Waals surface area contributed by atoms with E-state index in [0.717, 1.165) is 10.9 Å². The molecule has 1 aromatic heterocycles. The van der Waals surface area contributed by atoms with Gasteiger partial charge in [-0.1, -0.05) is 17.9 Å². The van der Waals surface area contributed by atoms with E-state index in [2.05, 4.69) is 21.6 Å². The van der Waals surface area contributed by atoms with Crippen molar-refractivity contribution >= 4 is 22.8 Å². The minimum Gasteiger partial charge on any atom is -0.481 e. The van der Waals surface area contributed by atoms with Crippen molar-refractivity contribution in [3.05, 3.63) is 35.5 Å². The van der Waals surface area contributed by atoms with Gasteiger partial charge in [0.1, 0.15) is 12.1 Å². The summed E-state index contributed by atoms with van der Waals surface area (Å²) in [6, 6.07) is 7.03. The molecule has 1 heterocycles. The summed E-state index contributed by atoms with van der Waals surface area (Å²) in [7, 11) is 1.32. The van der Waals surface area contributed by atoms with E-state index in [9.17, 15) is 9.59 Å². The maximum Gasteiger partial charge on any atom is 0.354 e. The van der Waals surface area contributed by atoms with E-state index in [1.807, 2.05) is 6.07 Å². The van der Waals surface area contributed by atoms with Crippen molar-refractivity contribution in [3.8, 4) is 11.8 Å². The summed E-state index contributed by atoms with van der Waals surface area (Å²) in [4.78, 5) is 24.6. The Morgan fingerprint density at radius 1 is 1.37 bits per heavy atom. The highest BCUT2D eigenvalue weighted by atomic mass is 16.5. The van der Waals surface area contributed by atoms with Gasteiger partial charge in [0.15, 0.2) is 0 Å². The minimum atomic E-state index is -0.957. The van der Waals surface area contributed by atoms with Crippen LogP contribution < -0.4 is 0 Å². The van der Waals surface area contributed by atoms with E-state index in [-0.39, 0.29) is 6.42 Å². The van der Waals surface area contributed by atoms with Crippen LogP contribution in [0.15, 0.2) is 24.3 Å². The van der Waals surface area contributed by atoms with Crippen molar-refractivity contribution in [1.29, 1.82) is 0 Å². The quantitative estimate of drug-likeness (QED) is 0.635. The molecule has 0 aliphatic rings. The number of carbonyl (C=O) groups excluding carboxylic acids is 1. The third kappa shape index (κ3) is 2.93. The zero-order valence-electron chi connectivity index (χ0n) is 10.2. The number of hydrogen-bond acceptors (Lipinski definition) is 3. The van der Waals surface area contributed by atoms with E-state index in [4.69, 9.17) is 5.11 Å². The molecule has 96 valence electrons. The highest BCUT2D eigenvalue weighted by molar-refractivity contribution is 5.95. The van der Waals surface area contributed by atoms with Crippen LogP contribution in [0.25, 0.3) is 10.9 Å². The first kappa shape index (κ1) is 12.7. The van der Waals surface area contributed by atoms with Crippen molar-refractivity contribution in [2.24, 2.45) is 0 Å². The Labute approximate surface area is 109 Å². The molecule has 5 nitrogen and oxygen atoms in total. The highest BCUT2D eigenvalue weighted by Gasteiger charge is 2.09. The van der Waals surface area contributed by atoms with Gasteiger partial charge in [-0.05, 0) is 18.2 Å². The Hall–Kier alpha value is -2.74. The number of H-pyrrole nitrogens is 1. The largest absolute Gasteiger partial charge is 0.481 e. The van der Waals surface area contributed by atoms with Crippen molar-refractivity contribution in [1.82, 2.24) is 4.98 Å². The maximum absolute atomic E-state index is 11.4. The van der Waals surface area contributed by atoms with Crippen LogP contribution in [0.4, 0.5) is 0 Å². The number of ether oxygens (including phenoxy) is 1. The van der Waals surface area contributed by atoms with Crippen LogP contribution in [0.3, 0.4) is 0 Å². The SMILES string of the molecule is COC(=O)c1cc2ccc(C#CCC(=O)O)cc2[nH]1. The fraction of sp³-hybridized carbons (Fsp3) is 0.143. The zero-order valence-corrected chi connectivity index (χ0v) is 10.2. The average molecular weight is 257 g/mol. The van der Waals surface area contributed by atoms with Gasteiger partial charge in [0.05, 0.1) is 7.11 Å². The molecule has 1 aromatic carbocycles. The summed E-state index contributed by atoms with van der Waals surface area (Å²) < 4.78 is 4.62. The summed E-state index contributed by atoms with van der Waals surface area (Å²) in [6.45, 7) is 0. The first-order valence-corrected chi connectivity index (χ1v) is 5.52. The van der Waals surface area contributed by atoms with Crippen LogP contribution in [0, 0.1) is 11.8 Å². The van der Waals surface area contributed by atoms with Crippen molar-refractivity contribution in [2.75, 3.05) is 7.11 Å². The zero-order chi connectivity index (χ0) is 13.8. The Kier molecular flexibility index (Phi) is 3.53. The molecule has 0 bridgehead atoms. The molecular formula is C14H11NO4. The topological polar surface area (TPSA) is 79.4 Å². The molecule has 0 saturated heterocycles. The molecule has 0 fully saturated rings. The highest BCUT2D eigenvalue weighted by Crippen LogP contribution is 2.17. The number of aromatic amines is 1. The molecule has 0 amide bonds. The lowest BCUT2D eigenvalue weighted by molar-refractivity contribution is -0.135. The third-order valence-corrected chi connectivity index (χ3v) is 2.50. The van der Waals surface area contributed by atoms with Gasteiger partial charge in [-0.15, -0.1) is 0 Å². The molecule has 5 heteroatoms. The van der Waals surface area contributed by atoms with Crippen LogP contribution in [0.2, 0.25) is 0 Å². The molecule has 19 heavy (non-hydrogen) atoms. The van der Waals surface area contributed by atoms with Gasteiger partial charge in [-0.2, -0.15) is 0 Å². The van der Waals surface area contributed by atoms with Gasteiger partial charge in [0.2, 0.25) is 0 Å².